The van der Waals surface area contributed by atoms with E-state index in [0.717, 1.165) is 31.5 Å². The molecule has 0 radical (unpaired) electrons. The molecule has 1 heterocycles. The van der Waals surface area contributed by atoms with Crippen molar-refractivity contribution < 1.29 is 9.53 Å². The van der Waals surface area contributed by atoms with E-state index in [1.807, 2.05) is 53.4 Å². The lowest BCUT2D eigenvalue weighted by atomic mass is 10.1. The SMILES string of the molecule is Cl.O=C(OCc1ccccc1)N1CCCC(NCc2ccccc2)C1. The monoisotopic (exact) mass is 360 g/mol. The van der Waals surface area contributed by atoms with Gasteiger partial charge in [-0.1, -0.05) is 60.7 Å². The molecule has 0 saturated carbocycles. The molecule has 1 atom stereocenters. The zero-order chi connectivity index (χ0) is 16.6. The third-order valence-electron chi connectivity index (χ3n) is 4.32. The summed E-state index contributed by atoms with van der Waals surface area (Å²) in [5, 5.41) is 3.55. The molecule has 5 heteroatoms. The largest absolute Gasteiger partial charge is 0.445 e. The quantitative estimate of drug-likeness (QED) is 0.876. The fraction of sp³-hybridized carbons (Fsp3) is 0.350. The maximum atomic E-state index is 12.3. The summed E-state index contributed by atoms with van der Waals surface area (Å²) in [7, 11) is 0. The van der Waals surface area contributed by atoms with E-state index in [2.05, 4.69) is 17.4 Å². The molecule has 4 nitrogen and oxygen atoms in total. The van der Waals surface area contributed by atoms with Crippen molar-refractivity contribution in [1.82, 2.24) is 10.2 Å². The first-order chi connectivity index (χ1) is 11.8. The first-order valence-electron chi connectivity index (χ1n) is 8.54. The van der Waals surface area contributed by atoms with Crippen LogP contribution in [-0.2, 0) is 17.9 Å². The molecule has 0 bridgehead atoms. The number of halogens is 1. The van der Waals surface area contributed by atoms with Gasteiger partial charge in [-0.2, -0.15) is 0 Å². The van der Waals surface area contributed by atoms with Gasteiger partial charge in [-0.3, -0.25) is 0 Å². The summed E-state index contributed by atoms with van der Waals surface area (Å²) in [6.07, 6.45) is 1.88. The van der Waals surface area contributed by atoms with Gasteiger partial charge in [-0.05, 0) is 24.0 Å². The van der Waals surface area contributed by atoms with Gasteiger partial charge in [0, 0.05) is 25.7 Å². The Kier molecular flexibility index (Phi) is 7.76. The molecule has 1 aliphatic rings. The molecule has 1 N–H and O–H groups in total. The smallest absolute Gasteiger partial charge is 0.410 e. The normalized spacial score (nSPS) is 16.8. The minimum absolute atomic E-state index is 0. The predicted octanol–water partition coefficient (Wildman–Crippen LogP) is 4.00. The van der Waals surface area contributed by atoms with Crippen LogP contribution in [0, 0.1) is 0 Å². The van der Waals surface area contributed by atoms with E-state index in [-0.39, 0.29) is 18.5 Å². The van der Waals surface area contributed by atoms with Gasteiger partial charge < -0.3 is 15.0 Å². The number of nitrogens with zero attached hydrogens (tertiary/aromatic N) is 1. The Hall–Kier alpha value is -2.04. The summed E-state index contributed by atoms with van der Waals surface area (Å²) >= 11 is 0. The number of amides is 1. The van der Waals surface area contributed by atoms with Crippen LogP contribution in [0.1, 0.15) is 24.0 Å². The Morgan fingerprint density at radius 2 is 1.68 bits per heavy atom. The molecule has 0 aliphatic carbocycles. The van der Waals surface area contributed by atoms with E-state index >= 15 is 0 Å². The van der Waals surface area contributed by atoms with Crippen molar-refractivity contribution in [2.75, 3.05) is 13.1 Å². The molecule has 2 aromatic carbocycles. The molecular formula is C20H25ClN2O2. The average molecular weight is 361 g/mol. The van der Waals surface area contributed by atoms with Gasteiger partial charge in [0.25, 0.3) is 0 Å². The second-order valence-corrected chi connectivity index (χ2v) is 6.19. The molecule has 3 rings (SSSR count). The molecular weight excluding hydrogens is 336 g/mol. The van der Waals surface area contributed by atoms with Crippen molar-refractivity contribution in [3.63, 3.8) is 0 Å². The molecule has 0 aromatic heterocycles. The van der Waals surface area contributed by atoms with Gasteiger partial charge >= 0.3 is 6.09 Å². The number of piperidine rings is 1. The Bertz CT molecular complexity index is 637. The number of nitrogens with one attached hydrogen (secondary N) is 1. The third-order valence-corrected chi connectivity index (χ3v) is 4.32. The molecule has 25 heavy (non-hydrogen) atoms. The van der Waals surface area contributed by atoms with Crippen LogP contribution < -0.4 is 5.32 Å². The lowest BCUT2D eigenvalue weighted by Gasteiger charge is -2.32. The highest BCUT2D eigenvalue weighted by atomic mass is 35.5. The number of rotatable bonds is 5. The lowest BCUT2D eigenvalue weighted by molar-refractivity contribution is 0.0832. The van der Waals surface area contributed by atoms with E-state index in [1.54, 1.807) is 0 Å². The van der Waals surface area contributed by atoms with Crippen LogP contribution in [0.4, 0.5) is 4.79 Å². The maximum Gasteiger partial charge on any atom is 0.410 e. The number of carbonyl (C=O) groups is 1. The first-order valence-corrected chi connectivity index (χ1v) is 8.54. The van der Waals surface area contributed by atoms with Gasteiger partial charge in [0.15, 0.2) is 0 Å². The number of ether oxygens (including phenoxy) is 1. The number of carbonyl (C=O) groups excluding carboxylic acids is 1. The van der Waals surface area contributed by atoms with Crippen molar-refractivity contribution in [1.29, 1.82) is 0 Å². The summed E-state index contributed by atoms with van der Waals surface area (Å²) in [5.41, 5.74) is 2.28. The van der Waals surface area contributed by atoms with Crippen LogP contribution in [0.25, 0.3) is 0 Å². The van der Waals surface area contributed by atoms with E-state index < -0.39 is 0 Å². The highest BCUT2D eigenvalue weighted by molar-refractivity contribution is 5.85. The van der Waals surface area contributed by atoms with Crippen LogP contribution in [0.15, 0.2) is 60.7 Å². The third kappa shape index (κ3) is 6.07. The molecule has 1 fully saturated rings. The molecule has 1 unspecified atom stereocenters. The first kappa shape index (κ1) is 19.3. The number of hydrogen-bond acceptors (Lipinski definition) is 3. The minimum Gasteiger partial charge on any atom is -0.445 e. The summed E-state index contributed by atoms with van der Waals surface area (Å²) in [6, 6.07) is 20.5. The second-order valence-electron chi connectivity index (χ2n) is 6.19. The van der Waals surface area contributed by atoms with Gasteiger partial charge in [0.05, 0.1) is 0 Å². The van der Waals surface area contributed by atoms with Gasteiger partial charge in [-0.15, -0.1) is 12.4 Å². The lowest BCUT2D eigenvalue weighted by Crippen LogP contribution is -2.47. The van der Waals surface area contributed by atoms with Crippen LogP contribution in [0.5, 0.6) is 0 Å². The van der Waals surface area contributed by atoms with Crippen LogP contribution in [0.2, 0.25) is 0 Å². The van der Waals surface area contributed by atoms with Crippen molar-refractivity contribution in [2.45, 2.75) is 32.0 Å². The highest BCUT2D eigenvalue weighted by Gasteiger charge is 2.24. The maximum absolute atomic E-state index is 12.3. The van der Waals surface area contributed by atoms with Gasteiger partial charge in [0.2, 0.25) is 0 Å². The summed E-state index contributed by atoms with van der Waals surface area (Å²) in [5.74, 6) is 0. The predicted molar refractivity (Wildman–Crippen MR) is 102 cm³/mol. The zero-order valence-electron chi connectivity index (χ0n) is 14.3. The van der Waals surface area contributed by atoms with E-state index in [1.165, 1.54) is 5.56 Å². The zero-order valence-corrected chi connectivity index (χ0v) is 15.1. The van der Waals surface area contributed by atoms with E-state index in [4.69, 9.17) is 4.74 Å². The van der Waals surface area contributed by atoms with E-state index in [0.29, 0.717) is 19.2 Å². The highest BCUT2D eigenvalue weighted by Crippen LogP contribution is 2.13. The Labute approximate surface area is 155 Å². The fourth-order valence-electron chi connectivity index (χ4n) is 2.98. The average Bonchev–Trinajstić information content (AvgIpc) is 2.66. The minimum atomic E-state index is -0.218. The van der Waals surface area contributed by atoms with Crippen molar-refractivity contribution in [2.24, 2.45) is 0 Å². The Morgan fingerprint density at radius 1 is 1.04 bits per heavy atom. The number of hydrogen-bond donors (Lipinski definition) is 1. The van der Waals surface area contributed by atoms with Crippen LogP contribution in [0.3, 0.4) is 0 Å². The van der Waals surface area contributed by atoms with E-state index in [9.17, 15) is 4.79 Å². The van der Waals surface area contributed by atoms with Crippen molar-refractivity contribution in [3.05, 3.63) is 71.8 Å². The molecule has 1 amide bonds. The molecule has 0 spiro atoms. The molecule has 134 valence electrons. The molecule has 1 saturated heterocycles. The second kappa shape index (κ2) is 10.1. The summed E-state index contributed by atoms with van der Waals surface area (Å²) < 4.78 is 5.44. The van der Waals surface area contributed by atoms with Crippen LogP contribution in [-0.4, -0.2) is 30.1 Å². The fourth-order valence-corrected chi connectivity index (χ4v) is 2.98. The topological polar surface area (TPSA) is 41.6 Å². The van der Waals surface area contributed by atoms with Gasteiger partial charge in [0.1, 0.15) is 6.61 Å². The van der Waals surface area contributed by atoms with Crippen molar-refractivity contribution >= 4 is 18.5 Å². The Morgan fingerprint density at radius 3 is 2.36 bits per heavy atom. The molecule has 2 aromatic rings. The standard InChI is InChI=1S/C20H24N2O2.ClH/c23-20(24-16-18-10-5-2-6-11-18)22-13-7-12-19(15-22)21-14-17-8-3-1-4-9-17;/h1-6,8-11,19,21H,7,12-16H2;1H. The van der Waals surface area contributed by atoms with Crippen molar-refractivity contribution in [3.8, 4) is 0 Å². The summed E-state index contributed by atoms with van der Waals surface area (Å²) in [4.78, 5) is 14.1. The molecule has 1 aliphatic heterocycles. The number of benzene rings is 2. The van der Waals surface area contributed by atoms with Gasteiger partial charge in [-0.25, -0.2) is 4.79 Å². The van der Waals surface area contributed by atoms with Crippen LogP contribution >= 0.6 is 12.4 Å². The number of likely N-dealkylation sites (tertiary alicyclic amines) is 1. The summed E-state index contributed by atoms with van der Waals surface area (Å²) in [6.45, 7) is 2.65. The Balaban J connectivity index is 0.00000225.